The largest absolute Gasteiger partial charge is 0.493 e. The van der Waals surface area contributed by atoms with Gasteiger partial charge in [0.2, 0.25) is 17.7 Å². The maximum absolute atomic E-state index is 13.0. The number of aromatic nitrogens is 2. The monoisotopic (exact) mass is 435 g/mol. The number of carbonyl (C=O) groups excluding carboxylic acids is 1. The van der Waals surface area contributed by atoms with Crippen molar-refractivity contribution >= 4 is 5.91 Å². The highest BCUT2D eigenvalue weighted by Crippen LogP contribution is 2.24. The molecule has 6 nitrogen and oxygen atoms in total. The van der Waals surface area contributed by atoms with Gasteiger partial charge in [0.05, 0.1) is 25.0 Å². The van der Waals surface area contributed by atoms with E-state index in [0.29, 0.717) is 30.7 Å². The van der Waals surface area contributed by atoms with E-state index in [2.05, 4.69) is 29.4 Å². The Bertz CT molecular complexity index is 969. The van der Waals surface area contributed by atoms with Gasteiger partial charge in [-0.25, -0.2) is 0 Å². The van der Waals surface area contributed by atoms with Gasteiger partial charge < -0.3 is 14.5 Å². The van der Waals surface area contributed by atoms with Crippen molar-refractivity contribution in [3.05, 3.63) is 77.5 Å². The summed E-state index contributed by atoms with van der Waals surface area (Å²) in [6.07, 6.45) is 2.72. The van der Waals surface area contributed by atoms with Crippen molar-refractivity contribution in [2.75, 3.05) is 6.61 Å². The van der Waals surface area contributed by atoms with E-state index in [0.717, 1.165) is 29.7 Å². The molecule has 3 atom stereocenters. The molecule has 32 heavy (non-hydrogen) atoms. The van der Waals surface area contributed by atoms with Crippen molar-refractivity contribution in [1.82, 2.24) is 15.5 Å². The first-order valence-electron chi connectivity index (χ1n) is 11.3. The van der Waals surface area contributed by atoms with E-state index in [1.165, 1.54) is 0 Å². The molecule has 1 unspecified atom stereocenters. The first-order valence-corrected chi connectivity index (χ1v) is 11.3. The molecule has 1 heterocycles. The fraction of sp³-hybridized carbons (Fsp3) is 0.423. The van der Waals surface area contributed by atoms with E-state index in [-0.39, 0.29) is 17.9 Å². The summed E-state index contributed by atoms with van der Waals surface area (Å²) in [6, 6.07) is 17.3. The smallest absolute Gasteiger partial charge is 0.227 e. The van der Waals surface area contributed by atoms with Gasteiger partial charge in [0, 0.05) is 6.92 Å². The lowest BCUT2D eigenvalue weighted by molar-refractivity contribution is -0.123. The molecule has 1 aromatic heterocycles. The number of hydrogen-bond donors (Lipinski definition) is 1. The van der Waals surface area contributed by atoms with Crippen molar-refractivity contribution in [2.45, 2.75) is 58.9 Å². The van der Waals surface area contributed by atoms with Crippen molar-refractivity contribution in [3.63, 3.8) is 0 Å². The second kappa shape index (κ2) is 11.5. The van der Waals surface area contributed by atoms with Gasteiger partial charge in [-0.1, -0.05) is 62.7 Å². The van der Waals surface area contributed by atoms with Crippen LogP contribution in [0.25, 0.3) is 0 Å². The Kier molecular flexibility index (Phi) is 8.42. The zero-order valence-electron chi connectivity index (χ0n) is 19.4. The van der Waals surface area contributed by atoms with Crippen LogP contribution in [0, 0.1) is 12.8 Å². The summed E-state index contributed by atoms with van der Waals surface area (Å²) < 4.78 is 11.5. The maximum Gasteiger partial charge on any atom is 0.227 e. The number of amides is 1. The van der Waals surface area contributed by atoms with Crippen LogP contribution in [0.1, 0.15) is 68.5 Å². The van der Waals surface area contributed by atoms with Gasteiger partial charge >= 0.3 is 0 Å². The molecule has 0 saturated carbocycles. The van der Waals surface area contributed by atoms with Crippen molar-refractivity contribution in [3.8, 4) is 5.75 Å². The number of hydrogen-bond acceptors (Lipinski definition) is 5. The van der Waals surface area contributed by atoms with E-state index >= 15 is 0 Å². The third-order valence-electron chi connectivity index (χ3n) is 5.55. The van der Waals surface area contributed by atoms with Crippen LogP contribution < -0.4 is 10.1 Å². The second-order valence-corrected chi connectivity index (χ2v) is 8.39. The normalized spacial score (nSPS) is 13.9. The molecule has 0 saturated heterocycles. The summed E-state index contributed by atoms with van der Waals surface area (Å²) in [7, 11) is 0. The lowest BCUT2D eigenvalue weighted by Gasteiger charge is -2.21. The van der Waals surface area contributed by atoms with E-state index in [1.807, 2.05) is 61.5 Å². The fourth-order valence-corrected chi connectivity index (χ4v) is 3.65. The maximum atomic E-state index is 13.0. The summed E-state index contributed by atoms with van der Waals surface area (Å²) in [6.45, 7) is 8.75. The van der Waals surface area contributed by atoms with Crippen LogP contribution >= 0.6 is 0 Å². The molecular weight excluding hydrogens is 402 g/mol. The molecule has 0 spiro atoms. The van der Waals surface area contributed by atoms with Gasteiger partial charge in [-0.3, -0.25) is 4.79 Å². The third-order valence-corrected chi connectivity index (χ3v) is 5.55. The van der Waals surface area contributed by atoms with Crippen LogP contribution in [0.5, 0.6) is 5.75 Å². The number of aryl methyl sites for hydroxylation is 1. The van der Waals surface area contributed by atoms with Gasteiger partial charge in [-0.05, 0) is 42.5 Å². The van der Waals surface area contributed by atoms with Gasteiger partial charge in [0.1, 0.15) is 5.75 Å². The minimum atomic E-state index is -0.290. The molecule has 3 rings (SSSR count). The summed E-state index contributed by atoms with van der Waals surface area (Å²) in [5, 5.41) is 11.2. The molecular formula is C26H33N3O3. The highest BCUT2D eigenvalue weighted by atomic mass is 16.5. The topological polar surface area (TPSA) is 77.2 Å². The standard InChI is InChI=1S/C26H33N3O3/c1-5-9-18(2)17-31-23-14-12-22(13-15-23)24(16-25-29-28-20(4)32-25)27-26(30)19(3)21-10-7-6-8-11-21/h6-8,10-15,18-19,24H,5,9,16-17H2,1-4H3,(H,27,30)/t18?,19-,24-/m0/s1. The van der Waals surface area contributed by atoms with Crippen LogP contribution in [0.3, 0.4) is 0 Å². The second-order valence-electron chi connectivity index (χ2n) is 8.39. The number of nitrogens with zero attached hydrogens (tertiary/aromatic N) is 2. The number of ether oxygens (including phenoxy) is 1. The molecule has 6 heteroatoms. The molecule has 3 aromatic rings. The first kappa shape index (κ1) is 23.5. The van der Waals surface area contributed by atoms with Gasteiger partial charge in [-0.2, -0.15) is 0 Å². The molecule has 1 amide bonds. The highest BCUT2D eigenvalue weighted by molar-refractivity contribution is 5.83. The average molecular weight is 436 g/mol. The Morgan fingerprint density at radius 3 is 2.38 bits per heavy atom. The van der Waals surface area contributed by atoms with Crippen LogP contribution in [0.2, 0.25) is 0 Å². The molecule has 2 aromatic carbocycles. The average Bonchev–Trinajstić information content (AvgIpc) is 3.22. The molecule has 1 N–H and O–H groups in total. The van der Waals surface area contributed by atoms with Crippen LogP contribution in [0.15, 0.2) is 59.0 Å². The molecule has 0 radical (unpaired) electrons. The Hall–Kier alpha value is -3.15. The minimum absolute atomic E-state index is 0.0499. The number of nitrogens with one attached hydrogen (secondary N) is 1. The molecule has 0 bridgehead atoms. The van der Waals surface area contributed by atoms with Gasteiger partial charge in [-0.15, -0.1) is 10.2 Å². The third kappa shape index (κ3) is 6.67. The van der Waals surface area contributed by atoms with Gasteiger partial charge in [0.15, 0.2) is 0 Å². The predicted octanol–water partition coefficient (Wildman–Crippen LogP) is 5.40. The van der Waals surface area contributed by atoms with Crippen LogP contribution in [-0.2, 0) is 11.2 Å². The Labute approximate surface area is 190 Å². The predicted molar refractivity (Wildman–Crippen MR) is 124 cm³/mol. The Balaban J connectivity index is 1.73. The van der Waals surface area contributed by atoms with Crippen molar-refractivity contribution in [2.24, 2.45) is 5.92 Å². The molecule has 0 aliphatic carbocycles. The first-order chi connectivity index (χ1) is 15.5. The molecule has 0 fully saturated rings. The Morgan fingerprint density at radius 1 is 1.03 bits per heavy atom. The van der Waals surface area contributed by atoms with Crippen molar-refractivity contribution < 1.29 is 13.9 Å². The highest BCUT2D eigenvalue weighted by Gasteiger charge is 2.22. The lowest BCUT2D eigenvalue weighted by Crippen LogP contribution is -2.33. The van der Waals surface area contributed by atoms with E-state index < -0.39 is 0 Å². The van der Waals surface area contributed by atoms with E-state index in [9.17, 15) is 4.79 Å². The number of carbonyl (C=O) groups is 1. The van der Waals surface area contributed by atoms with Gasteiger partial charge in [0.25, 0.3) is 0 Å². The summed E-state index contributed by atoms with van der Waals surface area (Å²) in [4.78, 5) is 13.0. The molecule has 170 valence electrons. The Morgan fingerprint density at radius 2 is 1.75 bits per heavy atom. The summed E-state index contributed by atoms with van der Waals surface area (Å²) in [5.74, 6) is 2.03. The zero-order valence-corrected chi connectivity index (χ0v) is 19.4. The zero-order chi connectivity index (χ0) is 22.9. The summed E-state index contributed by atoms with van der Waals surface area (Å²) >= 11 is 0. The molecule has 0 aliphatic rings. The molecule has 0 aliphatic heterocycles. The number of rotatable bonds is 11. The van der Waals surface area contributed by atoms with E-state index in [4.69, 9.17) is 9.15 Å². The minimum Gasteiger partial charge on any atom is -0.493 e. The lowest BCUT2D eigenvalue weighted by atomic mass is 9.98. The summed E-state index contributed by atoms with van der Waals surface area (Å²) in [5.41, 5.74) is 1.94. The van der Waals surface area contributed by atoms with E-state index in [1.54, 1.807) is 6.92 Å². The van der Waals surface area contributed by atoms with Crippen LogP contribution in [-0.4, -0.2) is 22.7 Å². The SMILES string of the molecule is CCCC(C)COc1ccc([C@H](Cc2nnc(C)o2)NC(=O)[C@@H](C)c2ccccc2)cc1. The fourth-order valence-electron chi connectivity index (χ4n) is 3.65. The van der Waals surface area contributed by atoms with Crippen LogP contribution in [0.4, 0.5) is 0 Å². The quantitative estimate of drug-likeness (QED) is 0.436. The number of benzene rings is 2. The van der Waals surface area contributed by atoms with Crippen molar-refractivity contribution in [1.29, 1.82) is 0 Å².